The maximum Gasteiger partial charge on any atom is 0.270 e. The summed E-state index contributed by atoms with van der Waals surface area (Å²) >= 11 is 0. The van der Waals surface area contributed by atoms with E-state index in [1.54, 1.807) is 0 Å². The van der Waals surface area contributed by atoms with E-state index in [0.717, 1.165) is 43.5 Å². The van der Waals surface area contributed by atoms with Crippen molar-refractivity contribution in [3.63, 3.8) is 0 Å². The Morgan fingerprint density at radius 3 is 2.73 bits per heavy atom. The summed E-state index contributed by atoms with van der Waals surface area (Å²) < 4.78 is 0. The summed E-state index contributed by atoms with van der Waals surface area (Å²) in [4.78, 5) is 21.0. The zero-order valence-electron chi connectivity index (χ0n) is 18.2. The number of aromatic nitrogens is 1. The highest BCUT2D eigenvalue weighted by Crippen LogP contribution is 2.21. The molecule has 1 fully saturated rings. The minimum Gasteiger partial charge on any atom is -0.351 e. The van der Waals surface area contributed by atoms with Gasteiger partial charge in [-0.1, -0.05) is 48.0 Å². The minimum absolute atomic E-state index is 0.116. The average molecular weight is 404 g/mol. The molecule has 1 aromatic heterocycles. The Balaban J connectivity index is 1.34. The molecule has 1 amide bonds. The second-order valence-electron chi connectivity index (χ2n) is 8.66. The van der Waals surface area contributed by atoms with Crippen LogP contribution < -0.4 is 0 Å². The lowest BCUT2D eigenvalue weighted by molar-refractivity contribution is 0.0686. The van der Waals surface area contributed by atoms with Crippen LogP contribution in [0.5, 0.6) is 0 Å². The van der Waals surface area contributed by atoms with Gasteiger partial charge in [-0.15, -0.1) is 0 Å². The number of benzene rings is 2. The maximum atomic E-state index is 13.1. The van der Waals surface area contributed by atoms with Gasteiger partial charge in [-0.3, -0.25) is 4.79 Å². The van der Waals surface area contributed by atoms with Crippen molar-refractivity contribution in [2.45, 2.75) is 33.1 Å². The van der Waals surface area contributed by atoms with E-state index in [9.17, 15) is 4.79 Å². The number of para-hydroxylation sites is 1. The number of carbonyl (C=O) groups excluding carboxylic acids is 1. The van der Waals surface area contributed by atoms with Crippen molar-refractivity contribution >= 4 is 16.8 Å². The van der Waals surface area contributed by atoms with Crippen molar-refractivity contribution in [1.29, 1.82) is 0 Å². The summed E-state index contributed by atoms with van der Waals surface area (Å²) in [5, 5.41) is 1.09. The highest BCUT2D eigenvalue weighted by molar-refractivity contribution is 5.98. The molecule has 2 heterocycles. The fourth-order valence-corrected chi connectivity index (χ4v) is 4.57. The van der Waals surface area contributed by atoms with Gasteiger partial charge in [0, 0.05) is 37.1 Å². The standard InChI is InChI=1S/C26H33N3O/c1-3-29(26(30)25-17-23-8-4-5-9-24(23)27-25)19-22-7-6-15-28(18-22)16-14-21-12-10-20(2)11-13-21/h4-5,8-13,17,22,27H,3,6-7,14-16,18-19H2,1-2H3. The molecule has 0 spiro atoms. The monoisotopic (exact) mass is 403 g/mol. The molecule has 0 radical (unpaired) electrons. The largest absolute Gasteiger partial charge is 0.351 e. The van der Waals surface area contributed by atoms with E-state index in [2.05, 4.69) is 48.0 Å². The van der Waals surface area contributed by atoms with Crippen LogP contribution in [-0.2, 0) is 6.42 Å². The van der Waals surface area contributed by atoms with E-state index in [4.69, 9.17) is 0 Å². The number of rotatable bonds is 7. The van der Waals surface area contributed by atoms with Gasteiger partial charge in [-0.25, -0.2) is 0 Å². The first-order chi connectivity index (χ1) is 14.6. The average Bonchev–Trinajstić information content (AvgIpc) is 3.21. The molecule has 1 aliphatic rings. The van der Waals surface area contributed by atoms with Gasteiger partial charge in [-0.2, -0.15) is 0 Å². The Hall–Kier alpha value is -2.59. The number of nitrogens with zero attached hydrogens (tertiary/aromatic N) is 2. The summed E-state index contributed by atoms with van der Waals surface area (Å²) in [5.41, 5.74) is 4.45. The normalized spacial score (nSPS) is 17.3. The second-order valence-corrected chi connectivity index (χ2v) is 8.66. The number of fused-ring (bicyclic) bond motifs is 1. The summed E-state index contributed by atoms with van der Waals surface area (Å²) in [6.45, 7) is 9.16. The quantitative estimate of drug-likeness (QED) is 0.610. The topological polar surface area (TPSA) is 39.3 Å². The van der Waals surface area contributed by atoms with E-state index < -0.39 is 0 Å². The van der Waals surface area contributed by atoms with E-state index in [1.165, 1.54) is 30.5 Å². The van der Waals surface area contributed by atoms with E-state index in [1.807, 2.05) is 35.2 Å². The summed E-state index contributed by atoms with van der Waals surface area (Å²) in [6, 6.07) is 18.9. The molecule has 30 heavy (non-hydrogen) atoms. The summed E-state index contributed by atoms with van der Waals surface area (Å²) in [7, 11) is 0. The first-order valence-electron chi connectivity index (χ1n) is 11.3. The summed E-state index contributed by atoms with van der Waals surface area (Å²) in [6.07, 6.45) is 3.52. The Kier molecular flexibility index (Phi) is 6.53. The van der Waals surface area contributed by atoms with Gasteiger partial charge < -0.3 is 14.8 Å². The van der Waals surface area contributed by atoms with Gasteiger partial charge in [0.05, 0.1) is 0 Å². The van der Waals surface area contributed by atoms with Gasteiger partial charge in [0.25, 0.3) is 5.91 Å². The Labute approximate surface area is 179 Å². The number of hydrogen-bond acceptors (Lipinski definition) is 2. The highest BCUT2D eigenvalue weighted by Gasteiger charge is 2.24. The van der Waals surface area contributed by atoms with Gasteiger partial charge >= 0.3 is 0 Å². The molecule has 4 nitrogen and oxygen atoms in total. The van der Waals surface area contributed by atoms with Crippen molar-refractivity contribution in [3.8, 4) is 0 Å². The first kappa shape index (κ1) is 20.7. The number of aryl methyl sites for hydroxylation is 1. The number of amides is 1. The lowest BCUT2D eigenvalue weighted by atomic mass is 9.96. The van der Waals surface area contributed by atoms with Crippen molar-refractivity contribution < 1.29 is 4.79 Å². The van der Waals surface area contributed by atoms with Crippen LogP contribution in [0, 0.1) is 12.8 Å². The molecule has 1 saturated heterocycles. The van der Waals surface area contributed by atoms with Crippen LogP contribution in [-0.4, -0.2) is 53.4 Å². The maximum absolute atomic E-state index is 13.1. The molecular weight excluding hydrogens is 370 g/mol. The molecule has 4 heteroatoms. The number of aromatic amines is 1. The van der Waals surface area contributed by atoms with Gasteiger partial charge in [0.2, 0.25) is 0 Å². The highest BCUT2D eigenvalue weighted by atomic mass is 16.2. The van der Waals surface area contributed by atoms with Crippen LogP contribution in [0.25, 0.3) is 10.9 Å². The predicted molar refractivity (Wildman–Crippen MR) is 124 cm³/mol. The lowest BCUT2D eigenvalue weighted by Gasteiger charge is -2.35. The molecular formula is C26H33N3O. The number of hydrogen-bond donors (Lipinski definition) is 1. The summed E-state index contributed by atoms with van der Waals surface area (Å²) in [5.74, 6) is 0.663. The Bertz CT molecular complexity index is 942. The van der Waals surface area contributed by atoms with Crippen LogP contribution in [0.15, 0.2) is 54.6 Å². The molecule has 0 bridgehead atoms. The second kappa shape index (κ2) is 9.48. The molecule has 1 atom stereocenters. The minimum atomic E-state index is 0.116. The molecule has 0 saturated carbocycles. The van der Waals surface area contributed by atoms with Crippen molar-refractivity contribution in [2.24, 2.45) is 5.92 Å². The van der Waals surface area contributed by atoms with Gasteiger partial charge in [0.1, 0.15) is 5.69 Å². The molecule has 1 aliphatic heterocycles. The third kappa shape index (κ3) is 4.93. The molecule has 158 valence electrons. The molecule has 2 aromatic carbocycles. The van der Waals surface area contributed by atoms with Crippen LogP contribution in [0.3, 0.4) is 0 Å². The number of H-pyrrole nitrogens is 1. The van der Waals surface area contributed by atoms with Crippen molar-refractivity contribution in [2.75, 3.05) is 32.7 Å². The lowest BCUT2D eigenvalue weighted by Crippen LogP contribution is -2.43. The van der Waals surface area contributed by atoms with Gasteiger partial charge in [0.15, 0.2) is 0 Å². The fourth-order valence-electron chi connectivity index (χ4n) is 4.57. The van der Waals surface area contributed by atoms with E-state index in [0.29, 0.717) is 11.6 Å². The third-order valence-electron chi connectivity index (χ3n) is 6.35. The third-order valence-corrected chi connectivity index (χ3v) is 6.35. The van der Waals surface area contributed by atoms with Crippen LogP contribution in [0.4, 0.5) is 0 Å². The molecule has 1 unspecified atom stereocenters. The first-order valence-corrected chi connectivity index (χ1v) is 11.3. The number of piperidine rings is 1. The number of carbonyl (C=O) groups is 1. The van der Waals surface area contributed by atoms with Crippen molar-refractivity contribution in [3.05, 3.63) is 71.4 Å². The zero-order valence-corrected chi connectivity index (χ0v) is 18.2. The molecule has 1 N–H and O–H groups in total. The molecule has 4 rings (SSSR count). The van der Waals surface area contributed by atoms with Crippen molar-refractivity contribution in [1.82, 2.24) is 14.8 Å². The molecule has 0 aliphatic carbocycles. The van der Waals surface area contributed by atoms with E-state index in [-0.39, 0.29) is 5.91 Å². The smallest absolute Gasteiger partial charge is 0.270 e. The Morgan fingerprint density at radius 2 is 1.97 bits per heavy atom. The Morgan fingerprint density at radius 1 is 1.17 bits per heavy atom. The van der Waals surface area contributed by atoms with Crippen LogP contribution >= 0.6 is 0 Å². The van der Waals surface area contributed by atoms with Gasteiger partial charge in [-0.05, 0) is 63.3 Å². The fraction of sp³-hybridized carbons (Fsp3) is 0.423. The predicted octanol–water partition coefficient (Wildman–Crippen LogP) is 4.89. The number of nitrogens with one attached hydrogen (secondary N) is 1. The van der Waals surface area contributed by atoms with Crippen LogP contribution in [0.1, 0.15) is 41.4 Å². The van der Waals surface area contributed by atoms with Crippen LogP contribution in [0.2, 0.25) is 0 Å². The molecule has 3 aromatic rings. The zero-order chi connectivity index (χ0) is 20.9. The number of likely N-dealkylation sites (tertiary alicyclic amines) is 1. The van der Waals surface area contributed by atoms with E-state index >= 15 is 0 Å². The SMILES string of the molecule is CCN(CC1CCCN(CCc2ccc(C)cc2)C1)C(=O)c1cc2ccccc2[nH]1.